The van der Waals surface area contributed by atoms with Gasteiger partial charge >= 0.3 is 0 Å². The summed E-state index contributed by atoms with van der Waals surface area (Å²) in [5.41, 5.74) is 0. The Morgan fingerprint density at radius 2 is 1.81 bits per heavy atom. The first-order chi connectivity index (χ1) is 9.86. The number of rotatable bonds is 4. The molecule has 0 radical (unpaired) electrons. The third-order valence-corrected chi connectivity index (χ3v) is 6.97. The molecular weight excluding hydrogens is 353 g/mol. The lowest BCUT2D eigenvalue weighted by Crippen LogP contribution is -2.41. The second kappa shape index (κ2) is 7.05. The molecule has 21 heavy (non-hydrogen) atoms. The van der Waals surface area contributed by atoms with Crippen molar-refractivity contribution in [1.29, 1.82) is 0 Å². The molecule has 0 saturated heterocycles. The molecule has 0 amide bonds. The predicted octanol–water partition coefficient (Wildman–Crippen LogP) is 4.89. The number of hydrogen-bond acceptors (Lipinski definition) is 2. The van der Waals surface area contributed by atoms with Gasteiger partial charge in [-0.15, -0.1) is 0 Å². The van der Waals surface area contributed by atoms with Crippen molar-refractivity contribution in [2.75, 3.05) is 0 Å². The average molecular weight is 371 g/mol. The van der Waals surface area contributed by atoms with Gasteiger partial charge in [-0.3, -0.25) is 0 Å². The zero-order valence-corrected chi connectivity index (χ0v) is 14.8. The minimum absolute atomic E-state index is 0.0148. The van der Waals surface area contributed by atoms with Crippen molar-refractivity contribution >= 4 is 44.8 Å². The Balaban J connectivity index is 2.28. The van der Waals surface area contributed by atoms with Crippen molar-refractivity contribution in [2.24, 2.45) is 5.92 Å². The van der Waals surface area contributed by atoms with Crippen LogP contribution in [0.1, 0.15) is 39.0 Å². The average Bonchev–Trinajstić information content (AvgIpc) is 2.44. The molecule has 1 fully saturated rings. The Morgan fingerprint density at radius 1 is 1.14 bits per heavy atom. The second-order valence-electron chi connectivity index (χ2n) is 5.35. The highest BCUT2D eigenvalue weighted by Crippen LogP contribution is 2.35. The van der Waals surface area contributed by atoms with Gasteiger partial charge in [0.2, 0.25) is 10.0 Å². The van der Waals surface area contributed by atoms with Crippen molar-refractivity contribution < 1.29 is 8.42 Å². The summed E-state index contributed by atoms with van der Waals surface area (Å²) in [7, 11) is -3.70. The van der Waals surface area contributed by atoms with Crippen LogP contribution in [0.2, 0.25) is 15.1 Å². The topological polar surface area (TPSA) is 46.2 Å². The van der Waals surface area contributed by atoms with Crippen LogP contribution >= 0.6 is 34.8 Å². The highest BCUT2D eigenvalue weighted by Gasteiger charge is 2.30. The van der Waals surface area contributed by atoms with E-state index in [-0.39, 0.29) is 26.0 Å². The van der Waals surface area contributed by atoms with Crippen molar-refractivity contribution in [3.05, 3.63) is 27.2 Å². The predicted molar refractivity (Wildman–Crippen MR) is 87.8 cm³/mol. The second-order valence-corrected chi connectivity index (χ2v) is 8.20. The summed E-state index contributed by atoms with van der Waals surface area (Å²) in [5.74, 6) is 0.370. The van der Waals surface area contributed by atoms with E-state index in [2.05, 4.69) is 11.6 Å². The van der Waals surface area contributed by atoms with E-state index in [4.69, 9.17) is 34.8 Å². The van der Waals surface area contributed by atoms with E-state index in [0.717, 1.165) is 32.1 Å². The standard InChI is InChI=1S/C14H18Cl3NO2S/c1-2-9-5-3-4-6-11(9)18-21(19,20)12-8-7-10(15)13(16)14(12)17/h7-9,11,18H,2-6H2,1H3. The van der Waals surface area contributed by atoms with Crippen LogP contribution in [0.15, 0.2) is 17.0 Å². The smallest absolute Gasteiger partial charge is 0.208 e. The molecule has 1 aromatic rings. The molecule has 3 nitrogen and oxygen atoms in total. The molecular formula is C14H18Cl3NO2S. The van der Waals surface area contributed by atoms with Gasteiger partial charge in [0.15, 0.2) is 0 Å². The molecule has 1 aliphatic rings. The minimum atomic E-state index is -3.70. The van der Waals surface area contributed by atoms with Crippen LogP contribution in [-0.2, 0) is 10.0 Å². The highest BCUT2D eigenvalue weighted by molar-refractivity contribution is 7.89. The molecule has 2 atom stereocenters. The first-order valence-electron chi connectivity index (χ1n) is 7.02. The summed E-state index contributed by atoms with van der Waals surface area (Å²) in [6.07, 6.45) is 5.07. The number of hydrogen-bond donors (Lipinski definition) is 1. The van der Waals surface area contributed by atoms with Crippen LogP contribution in [0.3, 0.4) is 0 Å². The largest absolute Gasteiger partial charge is 0.242 e. The van der Waals surface area contributed by atoms with E-state index < -0.39 is 10.0 Å². The Kier molecular flexibility index (Phi) is 5.83. The Morgan fingerprint density at radius 3 is 2.48 bits per heavy atom. The summed E-state index contributed by atoms with van der Waals surface area (Å²) >= 11 is 17.8. The molecule has 1 N–H and O–H groups in total. The van der Waals surface area contributed by atoms with Gasteiger partial charge in [0, 0.05) is 6.04 Å². The van der Waals surface area contributed by atoms with E-state index in [1.165, 1.54) is 12.1 Å². The van der Waals surface area contributed by atoms with Gasteiger partial charge in [0.05, 0.1) is 15.1 Å². The third-order valence-electron chi connectivity index (χ3n) is 4.03. The Bertz CT molecular complexity index is 619. The fourth-order valence-electron chi connectivity index (χ4n) is 2.83. The molecule has 7 heteroatoms. The van der Waals surface area contributed by atoms with E-state index in [9.17, 15) is 8.42 Å². The van der Waals surface area contributed by atoms with Crippen LogP contribution in [0.4, 0.5) is 0 Å². The lowest BCUT2D eigenvalue weighted by molar-refractivity contribution is 0.282. The van der Waals surface area contributed by atoms with Crippen LogP contribution in [0.25, 0.3) is 0 Å². The molecule has 1 aliphatic carbocycles. The zero-order chi connectivity index (χ0) is 15.6. The quantitative estimate of drug-likeness (QED) is 0.767. The van der Waals surface area contributed by atoms with Gasteiger partial charge in [-0.25, -0.2) is 13.1 Å². The van der Waals surface area contributed by atoms with E-state index in [1.54, 1.807) is 0 Å². The first kappa shape index (κ1) is 17.4. The van der Waals surface area contributed by atoms with Crippen LogP contribution in [-0.4, -0.2) is 14.5 Å². The normalized spacial score (nSPS) is 23.2. The summed E-state index contributed by atoms with van der Waals surface area (Å²) in [5, 5.41) is 0.280. The molecule has 1 saturated carbocycles. The lowest BCUT2D eigenvalue weighted by atomic mass is 9.83. The van der Waals surface area contributed by atoms with Crippen molar-refractivity contribution in [2.45, 2.75) is 50.0 Å². The third kappa shape index (κ3) is 3.85. The molecule has 1 aromatic carbocycles. The van der Waals surface area contributed by atoms with Gasteiger partial charge in [-0.1, -0.05) is 61.0 Å². The lowest BCUT2D eigenvalue weighted by Gasteiger charge is -2.31. The van der Waals surface area contributed by atoms with E-state index >= 15 is 0 Å². The highest BCUT2D eigenvalue weighted by atomic mass is 35.5. The van der Waals surface area contributed by atoms with Crippen LogP contribution < -0.4 is 4.72 Å². The molecule has 118 valence electrons. The summed E-state index contributed by atoms with van der Waals surface area (Å²) in [4.78, 5) is -0.0148. The summed E-state index contributed by atoms with van der Waals surface area (Å²) in [6.45, 7) is 2.09. The molecule has 0 aromatic heterocycles. The fraction of sp³-hybridized carbons (Fsp3) is 0.571. The fourth-order valence-corrected chi connectivity index (χ4v) is 5.15. The summed E-state index contributed by atoms with van der Waals surface area (Å²) in [6, 6.07) is 2.80. The van der Waals surface area contributed by atoms with Crippen molar-refractivity contribution in [3.8, 4) is 0 Å². The van der Waals surface area contributed by atoms with Gasteiger partial charge < -0.3 is 0 Å². The monoisotopic (exact) mass is 369 g/mol. The van der Waals surface area contributed by atoms with Crippen molar-refractivity contribution in [3.63, 3.8) is 0 Å². The first-order valence-corrected chi connectivity index (χ1v) is 9.64. The molecule has 0 aliphatic heterocycles. The number of sulfonamides is 1. The minimum Gasteiger partial charge on any atom is -0.208 e. The molecule has 2 unspecified atom stereocenters. The van der Waals surface area contributed by atoms with Gasteiger partial charge in [0.1, 0.15) is 4.90 Å². The summed E-state index contributed by atoms with van der Waals surface area (Å²) < 4.78 is 27.9. The Labute approximate surface area is 141 Å². The number of nitrogens with one attached hydrogen (secondary N) is 1. The molecule has 0 bridgehead atoms. The van der Waals surface area contributed by atoms with E-state index in [0.29, 0.717) is 5.92 Å². The van der Waals surface area contributed by atoms with E-state index in [1.807, 2.05) is 0 Å². The van der Waals surface area contributed by atoms with Gasteiger partial charge in [0.25, 0.3) is 0 Å². The maximum atomic E-state index is 12.5. The maximum absolute atomic E-state index is 12.5. The molecule has 0 heterocycles. The zero-order valence-electron chi connectivity index (χ0n) is 11.7. The van der Waals surface area contributed by atoms with Gasteiger partial charge in [-0.2, -0.15) is 0 Å². The SMILES string of the molecule is CCC1CCCCC1NS(=O)(=O)c1ccc(Cl)c(Cl)c1Cl. The maximum Gasteiger partial charge on any atom is 0.242 e. The molecule has 2 rings (SSSR count). The Hall–Kier alpha value is -0.000000000000000167. The number of benzene rings is 1. The van der Waals surface area contributed by atoms with Crippen LogP contribution in [0.5, 0.6) is 0 Å². The molecule has 0 spiro atoms. The van der Waals surface area contributed by atoms with Gasteiger partial charge in [-0.05, 0) is 30.9 Å². The van der Waals surface area contributed by atoms with Crippen LogP contribution in [0, 0.1) is 5.92 Å². The van der Waals surface area contributed by atoms with Crippen molar-refractivity contribution in [1.82, 2.24) is 4.72 Å². The number of halogens is 3.